The molecule has 0 bridgehead atoms. The standard InChI is InChI=1S/C33H37N3O4/c1-3-39-28-20-24-14-15-36-31(27(24)21-29(28)40-4-2)30(25-12-8-9-13-26(25)32(36)37)33(38)35-18-16-34(17-19-35)22-23-10-6-5-7-11-23/h5-13,20-21,30-31H,3-4,14-19,22H2,1-2H3/t30-,31-/m0/s1. The van der Waals surface area contributed by atoms with Crippen LogP contribution in [0.1, 0.15) is 58.4 Å². The van der Waals surface area contributed by atoms with E-state index in [0.29, 0.717) is 50.6 Å². The van der Waals surface area contributed by atoms with Gasteiger partial charge in [-0.3, -0.25) is 14.5 Å². The molecule has 2 amide bonds. The van der Waals surface area contributed by atoms with E-state index in [1.165, 1.54) is 5.56 Å². The first-order valence-corrected chi connectivity index (χ1v) is 14.5. The highest BCUT2D eigenvalue weighted by Crippen LogP contribution is 2.49. The van der Waals surface area contributed by atoms with E-state index in [4.69, 9.17) is 9.47 Å². The molecule has 1 saturated heterocycles. The number of nitrogens with zero attached hydrogens (tertiary/aromatic N) is 3. The second-order valence-electron chi connectivity index (χ2n) is 10.7. The van der Waals surface area contributed by atoms with Crippen LogP contribution < -0.4 is 9.47 Å². The Morgan fingerprint density at radius 3 is 2.23 bits per heavy atom. The lowest BCUT2D eigenvalue weighted by Gasteiger charge is -2.47. The fraction of sp³-hybridized carbons (Fsp3) is 0.394. The number of ether oxygens (including phenoxy) is 2. The lowest BCUT2D eigenvalue weighted by atomic mass is 9.75. The van der Waals surface area contributed by atoms with E-state index in [-0.39, 0.29) is 17.9 Å². The zero-order chi connectivity index (χ0) is 27.6. The van der Waals surface area contributed by atoms with Crippen molar-refractivity contribution in [2.24, 2.45) is 0 Å². The normalized spacial score (nSPS) is 20.4. The molecular weight excluding hydrogens is 502 g/mol. The average molecular weight is 540 g/mol. The van der Waals surface area contributed by atoms with Crippen molar-refractivity contribution in [3.63, 3.8) is 0 Å². The van der Waals surface area contributed by atoms with Crippen LogP contribution in [-0.4, -0.2) is 72.5 Å². The van der Waals surface area contributed by atoms with E-state index < -0.39 is 5.92 Å². The predicted octanol–water partition coefficient (Wildman–Crippen LogP) is 4.67. The number of hydrogen-bond donors (Lipinski definition) is 0. The van der Waals surface area contributed by atoms with Gasteiger partial charge in [0.1, 0.15) is 0 Å². The van der Waals surface area contributed by atoms with Crippen molar-refractivity contribution in [1.29, 1.82) is 0 Å². The maximum Gasteiger partial charge on any atom is 0.254 e. The van der Waals surface area contributed by atoms with Crippen molar-refractivity contribution in [3.8, 4) is 11.5 Å². The lowest BCUT2D eigenvalue weighted by Crippen LogP contribution is -2.54. The molecule has 0 spiro atoms. The molecule has 40 heavy (non-hydrogen) atoms. The van der Waals surface area contributed by atoms with Gasteiger partial charge in [0.15, 0.2) is 11.5 Å². The minimum Gasteiger partial charge on any atom is -0.490 e. The fourth-order valence-electron chi connectivity index (χ4n) is 6.50. The number of benzene rings is 3. The minimum absolute atomic E-state index is 0.00479. The van der Waals surface area contributed by atoms with Crippen LogP contribution in [0, 0.1) is 0 Å². The SMILES string of the molecule is CCOc1cc2c(cc1OCC)[C@H]1[C@@H](C(=O)N3CCN(Cc4ccccc4)CC3)c3ccccc3C(=O)N1CC2. The van der Waals surface area contributed by atoms with E-state index in [1.807, 2.05) is 60.0 Å². The molecule has 0 aliphatic carbocycles. The fourth-order valence-corrected chi connectivity index (χ4v) is 6.50. The summed E-state index contributed by atoms with van der Waals surface area (Å²) in [5.41, 5.74) is 4.85. The summed E-state index contributed by atoms with van der Waals surface area (Å²) in [5.74, 6) is 0.998. The summed E-state index contributed by atoms with van der Waals surface area (Å²) < 4.78 is 11.9. The van der Waals surface area contributed by atoms with Crippen molar-refractivity contribution in [2.75, 3.05) is 45.9 Å². The van der Waals surface area contributed by atoms with Crippen LogP contribution in [0.3, 0.4) is 0 Å². The smallest absolute Gasteiger partial charge is 0.254 e. The first-order chi connectivity index (χ1) is 19.6. The monoisotopic (exact) mass is 539 g/mol. The Morgan fingerprint density at radius 2 is 1.50 bits per heavy atom. The third-order valence-electron chi connectivity index (χ3n) is 8.38. The van der Waals surface area contributed by atoms with Crippen molar-refractivity contribution in [3.05, 3.63) is 94.5 Å². The molecule has 0 N–H and O–H groups in total. The molecule has 3 aromatic carbocycles. The number of carbonyl (C=O) groups is 2. The number of rotatable bonds is 7. The molecule has 3 aliphatic rings. The zero-order valence-electron chi connectivity index (χ0n) is 23.3. The number of fused-ring (bicyclic) bond motifs is 4. The number of carbonyl (C=O) groups excluding carboxylic acids is 2. The van der Waals surface area contributed by atoms with Gasteiger partial charge in [-0.2, -0.15) is 0 Å². The Bertz CT molecular complexity index is 1380. The van der Waals surface area contributed by atoms with E-state index in [1.54, 1.807) is 0 Å². The van der Waals surface area contributed by atoms with Crippen molar-refractivity contribution in [1.82, 2.24) is 14.7 Å². The highest BCUT2D eigenvalue weighted by molar-refractivity contribution is 6.01. The van der Waals surface area contributed by atoms with Gasteiger partial charge < -0.3 is 19.3 Å². The highest BCUT2D eigenvalue weighted by Gasteiger charge is 2.48. The van der Waals surface area contributed by atoms with Crippen LogP contribution in [0.4, 0.5) is 0 Å². The van der Waals surface area contributed by atoms with Crippen molar-refractivity contribution < 1.29 is 19.1 Å². The Kier molecular flexibility index (Phi) is 7.48. The topological polar surface area (TPSA) is 62.3 Å². The highest BCUT2D eigenvalue weighted by atomic mass is 16.5. The van der Waals surface area contributed by atoms with Crippen LogP contribution in [-0.2, 0) is 17.8 Å². The third kappa shape index (κ3) is 4.83. The maximum absolute atomic E-state index is 14.4. The Balaban J connectivity index is 1.33. The van der Waals surface area contributed by atoms with E-state index >= 15 is 0 Å². The van der Waals surface area contributed by atoms with Gasteiger partial charge in [0.2, 0.25) is 5.91 Å². The molecule has 0 radical (unpaired) electrons. The predicted molar refractivity (Wildman–Crippen MR) is 154 cm³/mol. The van der Waals surface area contributed by atoms with Gasteiger partial charge in [0.05, 0.1) is 25.2 Å². The molecule has 7 heteroatoms. The van der Waals surface area contributed by atoms with Crippen LogP contribution in [0.15, 0.2) is 66.7 Å². The minimum atomic E-state index is -0.471. The number of amides is 2. The van der Waals surface area contributed by atoms with Gasteiger partial charge in [-0.25, -0.2) is 0 Å². The summed E-state index contributed by atoms with van der Waals surface area (Å²) in [6, 6.07) is 21.8. The number of piperazine rings is 1. The molecule has 2 atom stereocenters. The van der Waals surface area contributed by atoms with Gasteiger partial charge in [0, 0.05) is 44.8 Å². The van der Waals surface area contributed by atoms with Crippen LogP contribution in [0.2, 0.25) is 0 Å². The molecule has 3 aliphatic heterocycles. The van der Waals surface area contributed by atoms with Gasteiger partial charge in [0.25, 0.3) is 5.91 Å². The summed E-state index contributed by atoms with van der Waals surface area (Å²) in [6.45, 7) is 9.40. The summed E-state index contributed by atoms with van der Waals surface area (Å²) in [6.07, 6.45) is 0.714. The summed E-state index contributed by atoms with van der Waals surface area (Å²) in [5, 5.41) is 0. The quantitative estimate of drug-likeness (QED) is 0.437. The Morgan fingerprint density at radius 1 is 0.825 bits per heavy atom. The summed E-state index contributed by atoms with van der Waals surface area (Å²) >= 11 is 0. The van der Waals surface area contributed by atoms with E-state index in [9.17, 15) is 9.59 Å². The molecule has 0 aromatic heterocycles. The molecule has 1 fully saturated rings. The maximum atomic E-state index is 14.4. The molecule has 0 unspecified atom stereocenters. The van der Waals surface area contributed by atoms with Gasteiger partial charge in [-0.05, 0) is 60.7 Å². The zero-order valence-corrected chi connectivity index (χ0v) is 23.3. The van der Waals surface area contributed by atoms with Gasteiger partial charge in [-0.15, -0.1) is 0 Å². The lowest BCUT2D eigenvalue weighted by molar-refractivity contribution is -0.136. The summed E-state index contributed by atoms with van der Waals surface area (Å²) in [4.78, 5) is 34.5. The first-order valence-electron chi connectivity index (χ1n) is 14.5. The van der Waals surface area contributed by atoms with Crippen LogP contribution in [0.5, 0.6) is 11.5 Å². The molecule has 3 aromatic rings. The number of hydrogen-bond acceptors (Lipinski definition) is 5. The summed E-state index contributed by atoms with van der Waals surface area (Å²) in [7, 11) is 0. The van der Waals surface area contributed by atoms with E-state index in [2.05, 4.69) is 35.2 Å². The van der Waals surface area contributed by atoms with Gasteiger partial charge in [-0.1, -0.05) is 48.5 Å². The Labute approximate surface area is 236 Å². The van der Waals surface area contributed by atoms with Crippen LogP contribution in [0.25, 0.3) is 0 Å². The molecule has 7 nitrogen and oxygen atoms in total. The van der Waals surface area contributed by atoms with Gasteiger partial charge >= 0.3 is 0 Å². The van der Waals surface area contributed by atoms with Crippen LogP contribution >= 0.6 is 0 Å². The molecule has 208 valence electrons. The average Bonchev–Trinajstić information content (AvgIpc) is 2.98. The van der Waals surface area contributed by atoms with Crippen molar-refractivity contribution >= 4 is 11.8 Å². The second-order valence-corrected chi connectivity index (χ2v) is 10.7. The first kappa shape index (κ1) is 26.4. The second kappa shape index (κ2) is 11.3. The van der Waals surface area contributed by atoms with E-state index in [0.717, 1.165) is 42.1 Å². The molecule has 3 heterocycles. The van der Waals surface area contributed by atoms with Crippen molar-refractivity contribution in [2.45, 2.75) is 38.8 Å². The molecule has 6 rings (SSSR count). The largest absolute Gasteiger partial charge is 0.490 e. The Hall–Kier alpha value is -3.84. The molecular formula is C33H37N3O4. The third-order valence-corrected chi connectivity index (χ3v) is 8.38. The molecule has 0 saturated carbocycles.